The van der Waals surface area contributed by atoms with Gasteiger partial charge in [0.1, 0.15) is 30.0 Å². The highest BCUT2D eigenvalue weighted by atomic mass is 19.1. The molecule has 4 aromatic rings. The molecule has 0 N–H and O–H groups in total. The average molecular weight is 504 g/mol. The summed E-state index contributed by atoms with van der Waals surface area (Å²) in [5, 5.41) is 4.10. The van der Waals surface area contributed by atoms with Gasteiger partial charge in [0.25, 0.3) is 0 Å². The van der Waals surface area contributed by atoms with Crippen LogP contribution in [0.15, 0.2) is 86.0 Å². The molecule has 0 radical (unpaired) electrons. The molecule has 8 heteroatoms. The highest BCUT2D eigenvalue weighted by Gasteiger charge is 2.20. The molecule has 37 heavy (non-hydrogen) atoms. The number of halogens is 2. The highest BCUT2D eigenvalue weighted by molar-refractivity contribution is 5.77. The van der Waals surface area contributed by atoms with E-state index in [4.69, 9.17) is 14.2 Å². The van der Waals surface area contributed by atoms with Crippen molar-refractivity contribution < 1.29 is 23.0 Å². The smallest absolute Gasteiger partial charge is 0.161 e. The molecule has 4 rings (SSSR count). The van der Waals surface area contributed by atoms with Gasteiger partial charge in [-0.05, 0) is 52.6 Å². The first-order valence-electron chi connectivity index (χ1n) is 11.6. The lowest BCUT2D eigenvalue weighted by Crippen LogP contribution is -2.19. The predicted molar refractivity (Wildman–Crippen MR) is 139 cm³/mol. The first-order chi connectivity index (χ1) is 18.0. The first-order valence-corrected chi connectivity index (χ1v) is 11.6. The van der Waals surface area contributed by atoms with Gasteiger partial charge >= 0.3 is 0 Å². The molecule has 0 fully saturated rings. The van der Waals surface area contributed by atoms with E-state index < -0.39 is 17.6 Å². The Bertz CT molecular complexity index is 1370. The molecule has 1 aromatic heterocycles. The summed E-state index contributed by atoms with van der Waals surface area (Å²) < 4.78 is 46.4. The van der Waals surface area contributed by atoms with Crippen LogP contribution >= 0.6 is 0 Å². The molecule has 1 unspecified atom stereocenters. The van der Waals surface area contributed by atoms with E-state index in [9.17, 15) is 8.78 Å². The summed E-state index contributed by atoms with van der Waals surface area (Å²) in [5.74, 6) is 0.0851. The molecule has 0 aliphatic carbocycles. The molecule has 0 spiro atoms. The van der Waals surface area contributed by atoms with Crippen molar-refractivity contribution in [2.24, 2.45) is 0 Å². The van der Waals surface area contributed by atoms with Crippen LogP contribution in [0.5, 0.6) is 17.2 Å². The van der Waals surface area contributed by atoms with Gasteiger partial charge in [0, 0.05) is 12.0 Å². The Morgan fingerprint density at radius 2 is 1.81 bits per heavy atom. The zero-order chi connectivity index (χ0) is 26.2. The summed E-state index contributed by atoms with van der Waals surface area (Å²) in [4.78, 5) is 3.94. The number of benzene rings is 3. The van der Waals surface area contributed by atoms with Gasteiger partial charge in [-0.2, -0.15) is 5.10 Å². The van der Waals surface area contributed by atoms with Crippen molar-refractivity contribution >= 4 is 11.6 Å². The molecule has 190 valence electrons. The van der Waals surface area contributed by atoms with E-state index in [0.717, 1.165) is 28.5 Å². The average Bonchev–Trinajstić information content (AvgIpc) is 3.43. The van der Waals surface area contributed by atoms with Crippen LogP contribution in [0.3, 0.4) is 0 Å². The number of allylic oxidation sites excluding steroid dienone is 2. The number of hydrogen-bond donors (Lipinski definition) is 0. The van der Waals surface area contributed by atoms with E-state index in [1.165, 1.54) is 24.8 Å². The van der Waals surface area contributed by atoms with Crippen molar-refractivity contribution in [1.29, 1.82) is 0 Å². The van der Waals surface area contributed by atoms with Crippen LogP contribution in [-0.2, 0) is 6.54 Å². The van der Waals surface area contributed by atoms with Gasteiger partial charge in [-0.3, -0.25) is 4.68 Å². The van der Waals surface area contributed by atoms with Gasteiger partial charge in [-0.25, -0.2) is 13.8 Å². The van der Waals surface area contributed by atoms with Crippen LogP contribution in [-0.4, -0.2) is 35.6 Å². The molecule has 0 saturated carbocycles. The van der Waals surface area contributed by atoms with E-state index >= 15 is 0 Å². The summed E-state index contributed by atoms with van der Waals surface area (Å²) >= 11 is 0. The molecule has 0 bridgehead atoms. The van der Waals surface area contributed by atoms with Crippen LogP contribution < -0.4 is 14.2 Å². The Morgan fingerprint density at radius 1 is 1.00 bits per heavy atom. The Hall–Kier alpha value is -4.46. The maximum atomic E-state index is 14.6. The van der Waals surface area contributed by atoms with Crippen molar-refractivity contribution in [2.45, 2.75) is 12.5 Å². The van der Waals surface area contributed by atoms with Crippen molar-refractivity contribution in [3.8, 4) is 17.2 Å². The van der Waals surface area contributed by atoms with Gasteiger partial charge in [-0.15, -0.1) is 0 Å². The van der Waals surface area contributed by atoms with E-state index in [2.05, 4.69) is 16.7 Å². The van der Waals surface area contributed by atoms with Gasteiger partial charge in [-0.1, -0.05) is 43.0 Å². The maximum absolute atomic E-state index is 14.6. The lowest BCUT2D eigenvalue weighted by molar-refractivity contribution is 0.255. The quantitative estimate of drug-likeness (QED) is 0.229. The predicted octanol–water partition coefficient (Wildman–Crippen LogP) is 6.16. The zero-order valence-corrected chi connectivity index (χ0v) is 20.6. The third-order valence-electron chi connectivity index (χ3n) is 5.84. The van der Waals surface area contributed by atoms with E-state index in [1.807, 2.05) is 48.6 Å². The minimum absolute atomic E-state index is 0.113. The minimum atomic E-state index is -0.641. The molecule has 1 atom stereocenters. The number of ether oxygens (including phenoxy) is 3. The zero-order valence-electron chi connectivity index (χ0n) is 20.6. The molecular formula is C29H27F2N3O3. The fourth-order valence-electron chi connectivity index (χ4n) is 3.82. The van der Waals surface area contributed by atoms with Gasteiger partial charge in [0.05, 0.1) is 27.4 Å². The summed E-state index contributed by atoms with van der Waals surface area (Å²) in [6.07, 6.45) is 6.79. The third kappa shape index (κ3) is 6.61. The Labute approximate surface area is 214 Å². The lowest BCUT2D eigenvalue weighted by atomic mass is 9.99. The van der Waals surface area contributed by atoms with Crippen LogP contribution in [0.4, 0.5) is 8.78 Å². The number of nitrogens with zero attached hydrogens (tertiary/aromatic N) is 3. The number of rotatable bonds is 11. The molecule has 0 aliphatic heterocycles. The highest BCUT2D eigenvalue weighted by Crippen LogP contribution is 2.31. The second kappa shape index (κ2) is 12.0. The fraction of sp³-hybridized carbons (Fsp3) is 0.172. The monoisotopic (exact) mass is 503 g/mol. The fourth-order valence-corrected chi connectivity index (χ4v) is 3.82. The lowest BCUT2D eigenvalue weighted by Gasteiger charge is -2.20. The molecule has 0 aliphatic rings. The summed E-state index contributed by atoms with van der Waals surface area (Å²) in [6, 6.07) is 16.7. The van der Waals surface area contributed by atoms with E-state index in [-0.39, 0.29) is 6.61 Å². The largest absolute Gasteiger partial charge is 0.497 e. The molecular weight excluding hydrogens is 476 g/mol. The van der Waals surface area contributed by atoms with Crippen molar-refractivity contribution in [3.63, 3.8) is 0 Å². The number of aromatic nitrogens is 3. The standard InChI is InChI=1S/C29H27F2N3O3/c1-20(22-7-10-25(35-2)11-8-22)4-5-21-6-13-28(29(14-21)36-3)37-17-23(16-34-19-32-18-33-34)26-12-9-24(30)15-27(26)31/h4-15,18-19,23H,1,16-17H2,2-3H3/b5-4+. The second-order valence-corrected chi connectivity index (χ2v) is 8.29. The third-order valence-corrected chi connectivity index (χ3v) is 5.84. The first kappa shape index (κ1) is 25.6. The Morgan fingerprint density at radius 3 is 2.49 bits per heavy atom. The number of hydrogen-bond acceptors (Lipinski definition) is 5. The SMILES string of the molecule is C=C(/C=C/c1ccc(OCC(Cn2cncn2)c2ccc(F)cc2F)c(OC)c1)c1ccc(OC)cc1. The minimum Gasteiger partial charge on any atom is -0.497 e. The van der Waals surface area contributed by atoms with Crippen LogP contribution in [0.2, 0.25) is 0 Å². The normalized spacial score (nSPS) is 11.9. The summed E-state index contributed by atoms with van der Waals surface area (Å²) in [6.45, 7) is 4.55. The van der Waals surface area contributed by atoms with E-state index in [0.29, 0.717) is 23.6 Å². The maximum Gasteiger partial charge on any atom is 0.161 e. The van der Waals surface area contributed by atoms with Gasteiger partial charge in [0.15, 0.2) is 11.5 Å². The molecule has 6 nitrogen and oxygen atoms in total. The Kier molecular flexibility index (Phi) is 8.30. The van der Waals surface area contributed by atoms with E-state index in [1.54, 1.807) is 25.0 Å². The summed E-state index contributed by atoms with van der Waals surface area (Å²) in [5.41, 5.74) is 3.05. The van der Waals surface area contributed by atoms with Crippen molar-refractivity contribution in [2.75, 3.05) is 20.8 Å². The van der Waals surface area contributed by atoms with Crippen LogP contribution in [0.25, 0.3) is 11.6 Å². The molecule has 1 heterocycles. The van der Waals surface area contributed by atoms with Crippen molar-refractivity contribution in [1.82, 2.24) is 14.8 Å². The second-order valence-electron chi connectivity index (χ2n) is 8.29. The van der Waals surface area contributed by atoms with Gasteiger partial charge < -0.3 is 14.2 Å². The molecule has 0 amide bonds. The topological polar surface area (TPSA) is 58.4 Å². The summed E-state index contributed by atoms with van der Waals surface area (Å²) in [7, 11) is 3.18. The van der Waals surface area contributed by atoms with Crippen molar-refractivity contribution in [3.05, 3.63) is 114 Å². The van der Waals surface area contributed by atoms with Crippen LogP contribution in [0, 0.1) is 11.6 Å². The van der Waals surface area contributed by atoms with Crippen LogP contribution in [0.1, 0.15) is 22.6 Å². The molecule has 0 saturated heterocycles. The van der Waals surface area contributed by atoms with Gasteiger partial charge in [0.2, 0.25) is 0 Å². The number of methoxy groups -OCH3 is 2. The Balaban J connectivity index is 1.48. The molecule has 3 aromatic carbocycles.